The Morgan fingerprint density at radius 1 is 0.806 bits per heavy atom. The molecule has 0 saturated heterocycles. The first-order valence-corrected chi connectivity index (χ1v) is 10.7. The normalized spacial score (nSPS) is 10.7. The van der Waals surface area contributed by atoms with Crippen molar-refractivity contribution in [3.63, 3.8) is 0 Å². The van der Waals surface area contributed by atoms with Crippen LogP contribution in [0.3, 0.4) is 0 Å². The van der Waals surface area contributed by atoms with Crippen molar-refractivity contribution in [2.75, 3.05) is 6.61 Å². The minimum Gasteiger partial charge on any atom is -0.488 e. The van der Waals surface area contributed by atoms with Crippen molar-refractivity contribution < 1.29 is 19.4 Å². The van der Waals surface area contributed by atoms with Crippen LogP contribution in [0.1, 0.15) is 16.7 Å². The fraction of sp³-hybridized carbons (Fsp3) is 0.115. The number of halogens is 1. The number of fused-ring (bicyclic) bond motifs is 1. The fourth-order valence-corrected chi connectivity index (χ4v) is 3.95. The summed E-state index contributed by atoms with van der Waals surface area (Å²) in [6, 6.07) is 27.8. The van der Waals surface area contributed by atoms with E-state index in [0.717, 1.165) is 37.7 Å². The summed E-state index contributed by atoms with van der Waals surface area (Å²) in [4.78, 5) is 11.1. The van der Waals surface area contributed by atoms with Crippen molar-refractivity contribution in [2.24, 2.45) is 0 Å². The topological polar surface area (TPSA) is 55.8 Å². The predicted octanol–water partition coefficient (Wildman–Crippen LogP) is 6.24. The van der Waals surface area contributed by atoms with Gasteiger partial charge in [-0.05, 0) is 56.0 Å². The number of aliphatic carboxylic acids is 1. The van der Waals surface area contributed by atoms with Crippen molar-refractivity contribution in [1.82, 2.24) is 0 Å². The number of rotatable bonds is 8. The van der Waals surface area contributed by atoms with Gasteiger partial charge < -0.3 is 14.6 Å². The summed E-state index contributed by atoms with van der Waals surface area (Å²) in [5.74, 6) is 0.282. The minimum atomic E-state index is -1.01. The highest BCUT2D eigenvalue weighted by atomic mass is 79.9. The van der Waals surface area contributed by atoms with Crippen molar-refractivity contribution in [2.45, 2.75) is 13.0 Å². The minimum absolute atomic E-state index is 0.388. The van der Waals surface area contributed by atoms with Gasteiger partial charge in [0.05, 0.1) is 4.47 Å². The van der Waals surface area contributed by atoms with E-state index >= 15 is 0 Å². The maximum Gasteiger partial charge on any atom is 0.341 e. The third kappa shape index (κ3) is 5.25. The van der Waals surface area contributed by atoms with Crippen LogP contribution in [0.15, 0.2) is 89.4 Å². The van der Waals surface area contributed by atoms with E-state index in [9.17, 15) is 4.79 Å². The molecule has 0 aliphatic carbocycles. The first-order valence-electron chi connectivity index (χ1n) is 9.90. The van der Waals surface area contributed by atoms with E-state index in [1.165, 1.54) is 0 Å². The highest BCUT2D eigenvalue weighted by molar-refractivity contribution is 9.10. The van der Waals surface area contributed by atoms with Crippen LogP contribution >= 0.6 is 15.9 Å². The highest BCUT2D eigenvalue weighted by Gasteiger charge is 2.14. The van der Waals surface area contributed by atoms with Gasteiger partial charge in [0.25, 0.3) is 0 Å². The molecule has 4 aromatic rings. The quantitative estimate of drug-likeness (QED) is 0.327. The van der Waals surface area contributed by atoms with Gasteiger partial charge in [-0.1, -0.05) is 66.7 Å². The zero-order valence-corrected chi connectivity index (χ0v) is 18.3. The molecule has 0 aliphatic heterocycles. The zero-order chi connectivity index (χ0) is 21.6. The molecule has 0 fully saturated rings. The molecule has 0 saturated carbocycles. The largest absolute Gasteiger partial charge is 0.488 e. The Labute approximate surface area is 189 Å². The van der Waals surface area contributed by atoms with E-state index < -0.39 is 5.97 Å². The average Bonchev–Trinajstić information content (AvgIpc) is 2.78. The molecule has 0 spiro atoms. The molecule has 5 heteroatoms. The van der Waals surface area contributed by atoms with E-state index in [0.29, 0.717) is 18.8 Å². The number of benzene rings is 4. The Balaban J connectivity index is 1.74. The predicted molar refractivity (Wildman–Crippen MR) is 125 cm³/mol. The number of hydrogen-bond acceptors (Lipinski definition) is 3. The number of hydrogen-bond donors (Lipinski definition) is 1. The molecule has 0 aliphatic rings. The van der Waals surface area contributed by atoms with Crippen LogP contribution in [0.5, 0.6) is 11.5 Å². The molecule has 0 unspecified atom stereocenters. The zero-order valence-electron chi connectivity index (χ0n) is 16.8. The molecule has 0 heterocycles. The van der Waals surface area contributed by atoms with Crippen molar-refractivity contribution in [3.05, 3.63) is 106 Å². The van der Waals surface area contributed by atoms with Gasteiger partial charge in [-0.3, -0.25) is 0 Å². The lowest BCUT2D eigenvalue weighted by Crippen LogP contribution is -2.11. The molecule has 0 aromatic heterocycles. The lowest BCUT2D eigenvalue weighted by atomic mass is 9.97. The lowest BCUT2D eigenvalue weighted by molar-refractivity contribution is -0.139. The standard InChI is InChI=1S/C26H21BrO4/c27-23-14-20-11-12-24(31-17-26(28)29)22(13-18-7-3-1-4-8-18)21(20)15-25(23)30-16-19-9-5-2-6-10-19/h1-12,14-15H,13,16-17H2,(H,28,29). The molecule has 0 radical (unpaired) electrons. The molecule has 156 valence electrons. The summed E-state index contributed by atoms with van der Waals surface area (Å²) in [5, 5.41) is 11.1. The molecular weight excluding hydrogens is 456 g/mol. The first-order chi connectivity index (χ1) is 15.1. The SMILES string of the molecule is O=C(O)COc1ccc2cc(Br)c(OCc3ccccc3)cc2c1Cc1ccccc1. The summed E-state index contributed by atoms with van der Waals surface area (Å²) in [7, 11) is 0. The molecule has 31 heavy (non-hydrogen) atoms. The van der Waals surface area contributed by atoms with Crippen LogP contribution in [0.2, 0.25) is 0 Å². The van der Waals surface area contributed by atoms with Gasteiger partial charge in [-0.15, -0.1) is 0 Å². The van der Waals surface area contributed by atoms with Gasteiger partial charge in [0.1, 0.15) is 18.1 Å². The van der Waals surface area contributed by atoms with E-state index in [4.69, 9.17) is 14.6 Å². The first kappa shape index (κ1) is 20.9. The second-order valence-corrected chi connectivity index (χ2v) is 8.02. The monoisotopic (exact) mass is 476 g/mol. The smallest absolute Gasteiger partial charge is 0.341 e. The molecule has 4 aromatic carbocycles. The molecule has 0 bridgehead atoms. The van der Waals surface area contributed by atoms with Gasteiger partial charge >= 0.3 is 5.97 Å². The molecule has 0 atom stereocenters. The van der Waals surface area contributed by atoms with Crippen LogP contribution < -0.4 is 9.47 Å². The van der Waals surface area contributed by atoms with Gasteiger partial charge in [-0.2, -0.15) is 0 Å². The Hall–Kier alpha value is -3.31. The van der Waals surface area contributed by atoms with Gasteiger partial charge in [0.15, 0.2) is 6.61 Å². The Morgan fingerprint density at radius 3 is 2.16 bits per heavy atom. The lowest BCUT2D eigenvalue weighted by Gasteiger charge is -2.16. The highest BCUT2D eigenvalue weighted by Crippen LogP contribution is 2.37. The van der Waals surface area contributed by atoms with Crippen LogP contribution in [-0.2, 0) is 17.8 Å². The Bertz CT molecular complexity index is 1190. The second kappa shape index (κ2) is 9.67. The summed E-state index contributed by atoms with van der Waals surface area (Å²) in [6.07, 6.45) is 0.618. The molecule has 0 amide bonds. The summed E-state index contributed by atoms with van der Waals surface area (Å²) in [6.45, 7) is 0.0648. The number of carboxylic acid groups (broad SMARTS) is 1. The van der Waals surface area contributed by atoms with Gasteiger partial charge in [-0.25, -0.2) is 4.79 Å². The summed E-state index contributed by atoms with van der Waals surface area (Å²) in [5.41, 5.74) is 3.13. The summed E-state index contributed by atoms with van der Waals surface area (Å²) < 4.78 is 12.6. The van der Waals surface area contributed by atoms with E-state index in [1.54, 1.807) is 0 Å². The van der Waals surface area contributed by atoms with Crippen molar-refractivity contribution >= 4 is 32.7 Å². The van der Waals surface area contributed by atoms with Crippen LogP contribution in [-0.4, -0.2) is 17.7 Å². The fourth-order valence-electron chi connectivity index (χ4n) is 3.47. The van der Waals surface area contributed by atoms with Gasteiger partial charge in [0.2, 0.25) is 0 Å². The molecule has 4 nitrogen and oxygen atoms in total. The average molecular weight is 477 g/mol. The number of ether oxygens (including phenoxy) is 2. The van der Waals surface area contributed by atoms with Crippen LogP contribution in [0, 0.1) is 0 Å². The molecular formula is C26H21BrO4. The van der Waals surface area contributed by atoms with E-state index in [1.807, 2.05) is 84.9 Å². The Kier molecular flexibility index (Phi) is 6.53. The van der Waals surface area contributed by atoms with E-state index in [2.05, 4.69) is 15.9 Å². The molecule has 4 rings (SSSR count). The van der Waals surface area contributed by atoms with Crippen LogP contribution in [0.25, 0.3) is 10.8 Å². The third-order valence-corrected chi connectivity index (χ3v) is 5.57. The second-order valence-electron chi connectivity index (χ2n) is 7.17. The van der Waals surface area contributed by atoms with Crippen molar-refractivity contribution in [3.8, 4) is 11.5 Å². The third-order valence-electron chi connectivity index (χ3n) is 4.95. The maximum atomic E-state index is 11.1. The number of carboxylic acids is 1. The number of carbonyl (C=O) groups is 1. The van der Waals surface area contributed by atoms with E-state index in [-0.39, 0.29) is 6.61 Å². The van der Waals surface area contributed by atoms with Crippen molar-refractivity contribution in [1.29, 1.82) is 0 Å². The van der Waals surface area contributed by atoms with Crippen LogP contribution in [0.4, 0.5) is 0 Å². The molecule has 1 N–H and O–H groups in total. The maximum absolute atomic E-state index is 11.1. The van der Waals surface area contributed by atoms with Gasteiger partial charge in [0, 0.05) is 12.0 Å². The summed E-state index contributed by atoms with van der Waals surface area (Å²) >= 11 is 3.62. The Morgan fingerprint density at radius 2 is 1.48 bits per heavy atom.